The van der Waals surface area contributed by atoms with Crippen LogP contribution >= 0.6 is 0 Å². The number of nitrogens with one attached hydrogen (secondary N) is 2. The minimum Gasteiger partial charge on any atom is -0.348 e. The lowest BCUT2D eigenvalue weighted by Gasteiger charge is -2.32. The fraction of sp³-hybridized carbons (Fsp3) is 0.364. The predicted molar refractivity (Wildman–Crippen MR) is 107 cm³/mol. The Balaban J connectivity index is 1.67. The number of aryl methyl sites for hydroxylation is 1. The number of hydrogen-bond donors (Lipinski definition) is 2. The van der Waals surface area contributed by atoms with Crippen molar-refractivity contribution in [3.05, 3.63) is 70.8 Å². The summed E-state index contributed by atoms with van der Waals surface area (Å²) in [5.41, 5.74) is 4.07. The largest absolute Gasteiger partial charge is 0.348 e. The van der Waals surface area contributed by atoms with Gasteiger partial charge in [-0.25, -0.2) is 4.79 Å². The molecule has 2 N–H and O–H groups in total. The first-order chi connectivity index (χ1) is 13.1. The first-order valence-corrected chi connectivity index (χ1v) is 9.48. The highest BCUT2D eigenvalue weighted by molar-refractivity contribution is 5.94. The molecule has 1 saturated heterocycles. The van der Waals surface area contributed by atoms with Crippen molar-refractivity contribution in [2.45, 2.75) is 32.2 Å². The second kappa shape index (κ2) is 8.71. The van der Waals surface area contributed by atoms with Crippen molar-refractivity contribution >= 4 is 11.9 Å². The number of piperidine rings is 1. The minimum absolute atomic E-state index is 0.0353. The molecule has 3 rings (SSSR count). The maximum absolute atomic E-state index is 12.6. The summed E-state index contributed by atoms with van der Waals surface area (Å²) in [7, 11) is 1.66. The summed E-state index contributed by atoms with van der Waals surface area (Å²) >= 11 is 0. The van der Waals surface area contributed by atoms with Crippen LogP contribution in [-0.2, 0) is 6.54 Å². The van der Waals surface area contributed by atoms with Crippen LogP contribution in [0.1, 0.15) is 45.8 Å². The molecule has 0 aliphatic carbocycles. The molecule has 5 nitrogen and oxygen atoms in total. The second-order valence-electron chi connectivity index (χ2n) is 7.07. The molecule has 0 saturated carbocycles. The SMILES string of the molecule is CNC(=O)N1CCCC(c2cccc(C(=O)NCc3ccccc3C)c2)C1. The predicted octanol–water partition coefficient (Wildman–Crippen LogP) is 3.44. The van der Waals surface area contributed by atoms with Crippen LogP contribution in [0.3, 0.4) is 0 Å². The number of carbonyl (C=O) groups excluding carboxylic acids is 2. The topological polar surface area (TPSA) is 61.4 Å². The third kappa shape index (κ3) is 4.67. The van der Waals surface area contributed by atoms with Crippen LogP contribution in [0.15, 0.2) is 48.5 Å². The summed E-state index contributed by atoms with van der Waals surface area (Å²) in [4.78, 5) is 26.4. The Morgan fingerprint density at radius 3 is 2.74 bits per heavy atom. The maximum atomic E-state index is 12.6. The average molecular weight is 365 g/mol. The molecule has 2 aromatic rings. The molecular formula is C22H27N3O2. The highest BCUT2D eigenvalue weighted by Gasteiger charge is 2.24. The number of hydrogen-bond acceptors (Lipinski definition) is 2. The summed E-state index contributed by atoms with van der Waals surface area (Å²) in [5, 5.41) is 5.70. The van der Waals surface area contributed by atoms with Gasteiger partial charge in [-0.2, -0.15) is 0 Å². The van der Waals surface area contributed by atoms with Crippen LogP contribution in [0.25, 0.3) is 0 Å². The van der Waals surface area contributed by atoms with Crippen LogP contribution in [0.2, 0.25) is 0 Å². The van der Waals surface area contributed by atoms with Crippen molar-refractivity contribution < 1.29 is 9.59 Å². The molecule has 142 valence electrons. The van der Waals surface area contributed by atoms with Crippen LogP contribution in [-0.4, -0.2) is 37.0 Å². The second-order valence-corrected chi connectivity index (χ2v) is 7.07. The van der Waals surface area contributed by atoms with Crippen molar-refractivity contribution in [3.63, 3.8) is 0 Å². The first kappa shape index (κ1) is 19.0. The Kier molecular flexibility index (Phi) is 6.12. The molecule has 0 bridgehead atoms. The smallest absolute Gasteiger partial charge is 0.317 e. The molecule has 1 aliphatic heterocycles. The fourth-order valence-electron chi connectivity index (χ4n) is 3.61. The van der Waals surface area contributed by atoms with Gasteiger partial charge in [0.1, 0.15) is 0 Å². The lowest BCUT2D eigenvalue weighted by Crippen LogP contribution is -2.43. The van der Waals surface area contributed by atoms with Gasteiger partial charge in [-0.1, -0.05) is 36.4 Å². The quantitative estimate of drug-likeness (QED) is 0.872. The van der Waals surface area contributed by atoms with E-state index in [1.807, 2.05) is 54.3 Å². The Morgan fingerprint density at radius 1 is 1.15 bits per heavy atom. The Morgan fingerprint density at radius 2 is 1.96 bits per heavy atom. The Hall–Kier alpha value is -2.82. The third-order valence-corrected chi connectivity index (χ3v) is 5.24. The normalized spacial score (nSPS) is 16.7. The molecule has 1 aliphatic rings. The summed E-state index contributed by atoms with van der Waals surface area (Å²) in [6.45, 7) is 4.04. The molecule has 0 spiro atoms. The van der Waals surface area contributed by atoms with E-state index in [0.29, 0.717) is 18.7 Å². The van der Waals surface area contributed by atoms with E-state index < -0.39 is 0 Å². The van der Waals surface area contributed by atoms with Crippen molar-refractivity contribution in [2.24, 2.45) is 0 Å². The monoisotopic (exact) mass is 365 g/mol. The molecule has 27 heavy (non-hydrogen) atoms. The standard InChI is InChI=1S/C22H27N3O2/c1-16-7-3-4-8-19(16)14-24-21(26)18-10-5-9-17(13-18)20-11-6-12-25(15-20)22(27)23-2/h3-5,7-10,13,20H,6,11-12,14-15H2,1-2H3,(H,23,27)(H,24,26). The lowest BCUT2D eigenvalue weighted by molar-refractivity contribution is 0.0950. The number of amides is 3. The zero-order valence-electron chi connectivity index (χ0n) is 16.0. The molecule has 1 atom stereocenters. The van der Waals surface area contributed by atoms with Crippen molar-refractivity contribution in [1.82, 2.24) is 15.5 Å². The highest BCUT2D eigenvalue weighted by atomic mass is 16.2. The number of benzene rings is 2. The maximum Gasteiger partial charge on any atom is 0.317 e. The van der Waals surface area contributed by atoms with Gasteiger partial charge in [0.25, 0.3) is 5.91 Å². The Labute approximate surface area is 160 Å². The van der Waals surface area contributed by atoms with Gasteiger partial charge in [-0.05, 0) is 48.6 Å². The summed E-state index contributed by atoms with van der Waals surface area (Å²) in [5.74, 6) is 0.194. The van der Waals surface area contributed by atoms with Crippen molar-refractivity contribution in [3.8, 4) is 0 Å². The van der Waals surface area contributed by atoms with E-state index in [2.05, 4.69) is 16.7 Å². The van der Waals surface area contributed by atoms with Gasteiger partial charge >= 0.3 is 6.03 Å². The summed E-state index contributed by atoms with van der Waals surface area (Å²) < 4.78 is 0. The molecule has 0 aromatic heterocycles. The number of rotatable bonds is 4. The first-order valence-electron chi connectivity index (χ1n) is 9.48. The molecule has 1 unspecified atom stereocenters. The number of urea groups is 1. The van der Waals surface area contributed by atoms with Crippen molar-refractivity contribution in [2.75, 3.05) is 20.1 Å². The third-order valence-electron chi connectivity index (χ3n) is 5.24. The molecule has 1 fully saturated rings. The summed E-state index contributed by atoms with van der Waals surface area (Å²) in [6.07, 6.45) is 2.00. The van der Waals surface area contributed by atoms with E-state index in [1.165, 1.54) is 5.56 Å². The lowest BCUT2D eigenvalue weighted by atomic mass is 9.89. The van der Waals surface area contributed by atoms with E-state index in [-0.39, 0.29) is 17.9 Å². The van der Waals surface area contributed by atoms with Crippen LogP contribution in [0.4, 0.5) is 4.79 Å². The van der Waals surface area contributed by atoms with Gasteiger partial charge in [0, 0.05) is 38.2 Å². The summed E-state index contributed by atoms with van der Waals surface area (Å²) in [6, 6.07) is 15.8. The molecule has 1 heterocycles. The Bertz CT molecular complexity index is 819. The van der Waals surface area contributed by atoms with Crippen molar-refractivity contribution in [1.29, 1.82) is 0 Å². The van der Waals surface area contributed by atoms with Gasteiger partial charge in [-0.3, -0.25) is 4.79 Å². The number of nitrogens with zero attached hydrogens (tertiary/aromatic N) is 1. The zero-order chi connectivity index (χ0) is 19.2. The van der Waals surface area contributed by atoms with Crippen LogP contribution < -0.4 is 10.6 Å². The van der Waals surface area contributed by atoms with Gasteiger partial charge in [0.05, 0.1) is 0 Å². The molecule has 3 amide bonds. The molecule has 2 aromatic carbocycles. The van der Waals surface area contributed by atoms with E-state index >= 15 is 0 Å². The minimum atomic E-state index is -0.0703. The highest BCUT2D eigenvalue weighted by Crippen LogP contribution is 2.27. The number of carbonyl (C=O) groups is 2. The van der Waals surface area contributed by atoms with Gasteiger partial charge in [-0.15, -0.1) is 0 Å². The molecule has 5 heteroatoms. The van der Waals surface area contributed by atoms with E-state index in [0.717, 1.165) is 30.5 Å². The molecule has 0 radical (unpaired) electrons. The van der Waals surface area contributed by atoms with Gasteiger partial charge < -0.3 is 15.5 Å². The molecular weight excluding hydrogens is 338 g/mol. The van der Waals surface area contributed by atoms with Gasteiger partial charge in [0.15, 0.2) is 0 Å². The number of likely N-dealkylation sites (tertiary alicyclic amines) is 1. The average Bonchev–Trinajstić information content (AvgIpc) is 2.72. The van der Waals surface area contributed by atoms with Crippen LogP contribution in [0.5, 0.6) is 0 Å². The van der Waals surface area contributed by atoms with E-state index in [4.69, 9.17) is 0 Å². The fourth-order valence-corrected chi connectivity index (χ4v) is 3.61. The van der Waals surface area contributed by atoms with Gasteiger partial charge in [0.2, 0.25) is 0 Å². The zero-order valence-corrected chi connectivity index (χ0v) is 16.0. The van der Waals surface area contributed by atoms with Crippen LogP contribution in [0, 0.1) is 6.92 Å². The van der Waals surface area contributed by atoms with E-state index in [9.17, 15) is 9.59 Å². The van der Waals surface area contributed by atoms with E-state index in [1.54, 1.807) is 7.05 Å².